The van der Waals surface area contributed by atoms with Crippen LogP contribution in [0.15, 0.2) is 0 Å². The van der Waals surface area contributed by atoms with Crippen LogP contribution in [0.4, 0.5) is 0 Å². The molecule has 3 N–H and O–H groups in total. The molecule has 2 atom stereocenters. The fourth-order valence-corrected chi connectivity index (χ4v) is 1.71. The lowest BCUT2D eigenvalue weighted by Crippen LogP contribution is -2.41. The maximum atomic E-state index is 11.4. The molecule has 2 unspecified atom stereocenters. The van der Waals surface area contributed by atoms with E-state index in [1.54, 1.807) is 0 Å². The van der Waals surface area contributed by atoms with E-state index in [9.17, 15) is 14.7 Å². The fraction of sp³-hybridized carbons (Fsp3) is 0.778. The third-order valence-corrected chi connectivity index (χ3v) is 2.48. The molecule has 0 bridgehead atoms. The van der Waals surface area contributed by atoms with Crippen molar-refractivity contribution in [2.75, 3.05) is 6.54 Å². The molecule has 0 saturated heterocycles. The monoisotopic (exact) mass is 201 g/mol. The molecule has 0 aromatic heterocycles. The quantitative estimate of drug-likeness (QED) is 0.587. The highest BCUT2D eigenvalue weighted by atomic mass is 16.4. The Balaban J connectivity index is 2.38. The Labute approximate surface area is 82.1 Å². The number of aliphatic hydroxyl groups excluding tert-OH is 1. The number of hydrogen-bond donors (Lipinski definition) is 3. The third-order valence-electron chi connectivity index (χ3n) is 2.48. The molecule has 0 aromatic carbocycles. The molecule has 1 saturated carbocycles. The molecule has 1 rings (SSSR count). The van der Waals surface area contributed by atoms with Crippen molar-refractivity contribution in [1.82, 2.24) is 5.32 Å². The van der Waals surface area contributed by atoms with Crippen molar-refractivity contribution in [2.24, 2.45) is 5.92 Å². The molecular weight excluding hydrogens is 186 g/mol. The van der Waals surface area contributed by atoms with Crippen LogP contribution in [0.3, 0.4) is 0 Å². The smallest absolute Gasteiger partial charge is 0.322 e. The number of nitrogens with one attached hydrogen (secondary N) is 1. The summed E-state index contributed by atoms with van der Waals surface area (Å²) < 4.78 is 0. The lowest BCUT2D eigenvalue weighted by atomic mass is 9.86. The molecule has 0 aromatic rings. The van der Waals surface area contributed by atoms with Crippen molar-refractivity contribution >= 4 is 11.9 Å². The zero-order valence-corrected chi connectivity index (χ0v) is 7.90. The molecule has 0 aliphatic heterocycles. The summed E-state index contributed by atoms with van der Waals surface area (Å²) in [4.78, 5) is 21.6. The van der Waals surface area contributed by atoms with Crippen molar-refractivity contribution in [1.29, 1.82) is 0 Å². The second-order valence-electron chi connectivity index (χ2n) is 3.57. The number of aliphatic hydroxyl groups is 1. The number of carboxylic acid groups (broad SMARTS) is 1. The number of rotatable bonds is 3. The van der Waals surface area contributed by atoms with Gasteiger partial charge in [-0.25, -0.2) is 0 Å². The SMILES string of the molecule is O=C(O)CNC(=O)C1CCCCC1O. The first-order valence-electron chi connectivity index (χ1n) is 4.79. The van der Waals surface area contributed by atoms with Crippen LogP contribution in [0.25, 0.3) is 0 Å². The topological polar surface area (TPSA) is 86.6 Å². The summed E-state index contributed by atoms with van der Waals surface area (Å²) in [6, 6.07) is 0. The van der Waals surface area contributed by atoms with Crippen molar-refractivity contribution < 1.29 is 19.8 Å². The minimum Gasteiger partial charge on any atom is -0.480 e. The van der Waals surface area contributed by atoms with Gasteiger partial charge < -0.3 is 15.5 Å². The van der Waals surface area contributed by atoms with Gasteiger partial charge in [0.1, 0.15) is 6.54 Å². The lowest BCUT2D eigenvalue weighted by molar-refractivity contribution is -0.139. The van der Waals surface area contributed by atoms with E-state index in [2.05, 4.69) is 5.32 Å². The third kappa shape index (κ3) is 2.99. The molecule has 5 nitrogen and oxygen atoms in total. The van der Waals surface area contributed by atoms with Crippen LogP contribution in [-0.4, -0.2) is 34.7 Å². The van der Waals surface area contributed by atoms with Gasteiger partial charge in [-0.1, -0.05) is 12.8 Å². The summed E-state index contributed by atoms with van der Waals surface area (Å²) in [5, 5.41) is 20.1. The summed E-state index contributed by atoms with van der Waals surface area (Å²) in [6.45, 7) is -0.373. The first-order valence-corrected chi connectivity index (χ1v) is 4.79. The zero-order valence-electron chi connectivity index (χ0n) is 7.90. The van der Waals surface area contributed by atoms with Crippen molar-refractivity contribution in [3.63, 3.8) is 0 Å². The first kappa shape index (κ1) is 11.0. The van der Waals surface area contributed by atoms with E-state index in [1.807, 2.05) is 0 Å². The number of carbonyl (C=O) groups excluding carboxylic acids is 1. The summed E-state index contributed by atoms with van der Waals surface area (Å²) >= 11 is 0. The van der Waals surface area contributed by atoms with E-state index < -0.39 is 18.0 Å². The van der Waals surface area contributed by atoms with Crippen LogP contribution in [0.1, 0.15) is 25.7 Å². The average Bonchev–Trinajstić information content (AvgIpc) is 2.15. The molecule has 1 aliphatic carbocycles. The number of amides is 1. The lowest BCUT2D eigenvalue weighted by Gasteiger charge is -2.26. The Bertz CT molecular complexity index is 229. The van der Waals surface area contributed by atoms with Gasteiger partial charge in [0.05, 0.1) is 12.0 Å². The van der Waals surface area contributed by atoms with Crippen molar-refractivity contribution in [3.05, 3.63) is 0 Å². The molecule has 1 aliphatic rings. The predicted octanol–water partition coefficient (Wildman–Crippen LogP) is -0.262. The summed E-state index contributed by atoms with van der Waals surface area (Å²) in [5.41, 5.74) is 0. The van der Waals surface area contributed by atoms with Gasteiger partial charge in [-0.2, -0.15) is 0 Å². The van der Waals surface area contributed by atoms with Crippen LogP contribution in [0.5, 0.6) is 0 Å². The van der Waals surface area contributed by atoms with E-state index in [4.69, 9.17) is 5.11 Å². The highest BCUT2D eigenvalue weighted by Gasteiger charge is 2.29. The summed E-state index contributed by atoms with van der Waals surface area (Å²) in [7, 11) is 0. The van der Waals surface area contributed by atoms with Gasteiger partial charge in [-0.15, -0.1) is 0 Å². The molecule has 1 amide bonds. The Morgan fingerprint density at radius 2 is 1.93 bits per heavy atom. The molecule has 0 heterocycles. The average molecular weight is 201 g/mol. The highest BCUT2D eigenvalue weighted by molar-refractivity contribution is 5.83. The van der Waals surface area contributed by atoms with E-state index in [-0.39, 0.29) is 12.5 Å². The maximum Gasteiger partial charge on any atom is 0.322 e. The number of carbonyl (C=O) groups is 2. The van der Waals surface area contributed by atoms with Crippen molar-refractivity contribution in [3.8, 4) is 0 Å². The highest BCUT2D eigenvalue weighted by Crippen LogP contribution is 2.24. The molecule has 80 valence electrons. The number of carboxylic acids is 1. The molecule has 5 heteroatoms. The standard InChI is InChI=1S/C9H15NO4/c11-7-4-2-1-3-6(7)9(14)10-5-8(12)13/h6-7,11H,1-5H2,(H,10,14)(H,12,13). The van der Waals surface area contributed by atoms with Gasteiger partial charge >= 0.3 is 5.97 Å². The van der Waals surface area contributed by atoms with Crippen LogP contribution in [-0.2, 0) is 9.59 Å². The first-order chi connectivity index (χ1) is 6.61. The Kier molecular flexibility index (Phi) is 3.88. The zero-order chi connectivity index (χ0) is 10.6. The van der Waals surface area contributed by atoms with E-state index in [1.165, 1.54) is 0 Å². The van der Waals surface area contributed by atoms with Crippen molar-refractivity contribution in [2.45, 2.75) is 31.8 Å². The van der Waals surface area contributed by atoms with E-state index in [0.717, 1.165) is 12.8 Å². The number of aliphatic carboxylic acids is 1. The van der Waals surface area contributed by atoms with Gasteiger partial charge in [-0.05, 0) is 12.8 Å². The van der Waals surface area contributed by atoms with E-state index in [0.29, 0.717) is 12.8 Å². The second-order valence-corrected chi connectivity index (χ2v) is 3.57. The van der Waals surface area contributed by atoms with Crippen LogP contribution in [0.2, 0.25) is 0 Å². The molecule has 0 spiro atoms. The fourth-order valence-electron chi connectivity index (χ4n) is 1.71. The molecule has 1 fully saturated rings. The second kappa shape index (κ2) is 4.95. The van der Waals surface area contributed by atoms with Gasteiger partial charge in [0, 0.05) is 0 Å². The van der Waals surface area contributed by atoms with Crippen LogP contribution >= 0.6 is 0 Å². The molecular formula is C9H15NO4. The normalized spacial score (nSPS) is 26.9. The van der Waals surface area contributed by atoms with Crippen LogP contribution in [0, 0.1) is 5.92 Å². The Hall–Kier alpha value is -1.10. The van der Waals surface area contributed by atoms with Gasteiger partial charge in [-0.3, -0.25) is 9.59 Å². The maximum absolute atomic E-state index is 11.4. The van der Waals surface area contributed by atoms with Gasteiger partial charge in [0.2, 0.25) is 5.91 Å². The molecule has 0 radical (unpaired) electrons. The summed E-state index contributed by atoms with van der Waals surface area (Å²) in [6.07, 6.45) is 2.52. The van der Waals surface area contributed by atoms with Gasteiger partial charge in [0.15, 0.2) is 0 Å². The minimum absolute atomic E-state index is 0.348. The van der Waals surface area contributed by atoms with Crippen LogP contribution < -0.4 is 5.32 Å². The number of hydrogen-bond acceptors (Lipinski definition) is 3. The molecule has 14 heavy (non-hydrogen) atoms. The Morgan fingerprint density at radius 1 is 1.29 bits per heavy atom. The minimum atomic E-state index is -1.07. The van der Waals surface area contributed by atoms with E-state index >= 15 is 0 Å². The summed E-state index contributed by atoms with van der Waals surface area (Å²) in [5.74, 6) is -1.84. The predicted molar refractivity (Wildman–Crippen MR) is 48.6 cm³/mol. The largest absolute Gasteiger partial charge is 0.480 e. The Morgan fingerprint density at radius 3 is 2.50 bits per heavy atom. The van der Waals surface area contributed by atoms with Gasteiger partial charge in [0.25, 0.3) is 0 Å².